The first-order valence-corrected chi connectivity index (χ1v) is 18.1. The maximum absolute atomic E-state index is 10.8. The van der Waals surface area contributed by atoms with Gasteiger partial charge in [-0.25, -0.2) is 0 Å². The normalized spacial score (nSPS) is 51.1. The second kappa shape index (κ2) is 12.1. The number of aliphatic hydroxyl groups is 4. The molecule has 0 amide bonds. The van der Waals surface area contributed by atoms with Crippen LogP contribution in [0.25, 0.3) is 0 Å². The van der Waals surface area contributed by atoms with Gasteiger partial charge in [0, 0.05) is 31.0 Å². The Kier molecular flexibility index (Phi) is 9.27. The molecule has 6 rings (SSSR count). The van der Waals surface area contributed by atoms with Crippen molar-refractivity contribution >= 4 is 0 Å². The van der Waals surface area contributed by atoms with E-state index >= 15 is 0 Å². The highest BCUT2D eigenvalue weighted by Crippen LogP contribution is 2.79. The first-order valence-electron chi connectivity index (χ1n) is 18.1. The van der Waals surface area contributed by atoms with Gasteiger partial charge in [0.1, 0.15) is 30.0 Å². The lowest BCUT2D eigenvalue weighted by Gasteiger charge is -2.65. The summed E-state index contributed by atoms with van der Waals surface area (Å²) >= 11 is 0. The topological polar surface area (TPSA) is 127 Å². The van der Waals surface area contributed by atoms with E-state index in [4.69, 9.17) is 23.7 Å². The van der Waals surface area contributed by atoms with Crippen molar-refractivity contribution in [3.05, 3.63) is 24.3 Å². The standard InChI is InChI=1S/C38H62O9/c1-22(11-10-16-33(2,3)44-9)23-14-17-36(7)25-15-18-38-26(37(25,32(43-8)47-38)20-19-35(23,36)6)12-13-27(34(38,4)5)46-31-30(42)29(41)28(40)24(21-39)45-31/h10,15-16,18,22-32,39-42H,11-14,17,19-21H2,1-9H3/b16-10+/t22-,23-,24-,25+,26+,27+,28-,29+,30-,31+,32-,35-,36+,37+,38-/m1/s1. The molecule has 9 nitrogen and oxygen atoms in total. The van der Waals surface area contributed by atoms with Crippen molar-refractivity contribution < 1.29 is 44.1 Å². The summed E-state index contributed by atoms with van der Waals surface area (Å²) in [5, 5.41) is 41.3. The van der Waals surface area contributed by atoms with Gasteiger partial charge in [0.25, 0.3) is 0 Å². The summed E-state index contributed by atoms with van der Waals surface area (Å²) < 4.78 is 31.4. The fraction of sp³-hybridized carbons (Fsp3) is 0.895. The zero-order chi connectivity index (χ0) is 34.4. The van der Waals surface area contributed by atoms with Crippen LogP contribution in [-0.2, 0) is 23.7 Å². The molecule has 2 heterocycles. The maximum atomic E-state index is 10.8. The Morgan fingerprint density at radius 3 is 2.34 bits per heavy atom. The average molecular weight is 663 g/mol. The Bertz CT molecular complexity index is 1220. The van der Waals surface area contributed by atoms with Crippen molar-refractivity contribution in [3.63, 3.8) is 0 Å². The van der Waals surface area contributed by atoms with Crippen molar-refractivity contribution in [2.75, 3.05) is 20.8 Å². The van der Waals surface area contributed by atoms with Crippen LogP contribution in [0.1, 0.15) is 93.4 Å². The molecule has 47 heavy (non-hydrogen) atoms. The van der Waals surface area contributed by atoms with Gasteiger partial charge >= 0.3 is 0 Å². The molecule has 2 aliphatic heterocycles. The molecule has 15 atom stereocenters. The molecule has 0 aromatic heterocycles. The summed E-state index contributed by atoms with van der Waals surface area (Å²) in [6.45, 7) is 15.6. The fourth-order valence-electron chi connectivity index (χ4n) is 11.9. The van der Waals surface area contributed by atoms with Crippen LogP contribution in [-0.4, -0.2) is 95.6 Å². The van der Waals surface area contributed by atoms with E-state index in [1.54, 1.807) is 14.2 Å². The number of aliphatic hydroxyl groups excluding tert-OH is 4. The van der Waals surface area contributed by atoms with E-state index in [1.165, 1.54) is 12.8 Å². The van der Waals surface area contributed by atoms with Crippen LogP contribution in [0.3, 0.4) is 0 Å². The molecular formula is C38H62O9. The van der Waals surface area contributed by atoms with Gasteiger partial charge in [-0.3, -0.25) is 0 Å². The maximum Gasteiger partial charge on any atom is 0.186 e. The molecule has 268 valence electrons. The largest absolute Gasteiger partial charge is 0.394 e. The van der Waals surface area contributed by atoms with Crippen molar-refractivity contribution in [1.82, 2.24) is 0 Å². The third-order valence-corrected chi connectivity index (χ3v) is 15.0. The first-order chi connectivity index (χ1) is 22.0. The van der Waals surface area contributed by atoms with Crippen LogP contribution in [0.5, 0.6) is 0 Å². The fourth-order valence-corrected chi connectivity index (χ4v) is 11.9. The van der Waals surface area contributed by atoms with Gasteiger partial charge in [-0.1, -0.05) is 58.9 Å². The predicted octanol–water partition coefficient (Wildman–Crippen LogP) is 4.75. The van der Waals surface area contributed by atoms with E-state index < -0.39 is 48.3 Å². The van der Waals surface area contributed by atoms with E-state index in [2.05, 4.69) is 72.8 Å². The zero-order valence-electron chi connectivity index (χ0n) is 30.1. The summed E-state index contributed by atoms with van der Waals surface area (Å²) in [5.41, 5.74) is -1.31. The minimum atomic E-state index is -1.48. The molecule has 9 heteroatoms. The molecule has 6 aliphatic rings. The average Bonchev–Trinajstić information content (AvgIpc) is 3.41. The van der Waals surface area contributed by atoms with E-state index in [0.29, 0.717) is 17.8 Å². The molecule has 4 aliphatic carbocycles. The third kappa shape index (κ3) is 4.95. The molecule has 4 N–H and O–H groups in total. The van der Waals surface area contributed by atoms with Crippen LogP contribution in [0, 0.1) is 45.3 Å². The summed E-state index contributed by atoms with van der Waals surface area (Å²) in [6, 6.07) is 0. The Hall–Kier alpha value is -0.880. The number of hydrogen-bond donors (Lipinski definition) is 4. The predicted molar refractivity (Wildman–Crippen MR) is 177 cm³/mol. The summed E-state index contributed by atoms with van der Waals surface area (Å²) in [6.07, 6.45) is 9.34. The molecule has 1 spiro atoms. The number of methoxy groups -OCH3 is 2. The van der Waals surface area contributed by atoms with Crippen LogP contribution >= 0.6 is 0 Å². The Balaban J connectivity index is 1.29. The number of allylic oxidation sites excluding steroid dienone is 2. The molecule has 2 bridgehead atoms. The number of fused-ring (bicyclic) bond motifs is 2. The van der Waals surface area contributed by atoms with Gasteiger partial charge in [-0.15, -0.1) is 0 Å². The van der Waals surface area contributed by atoms with Crippen molar-refractivity contribution in [1.29, 1.82) is 0 Å². The lowest BCUT2D eigenvalue weighted by molar-refractivity contribution is -0.331. The quantitative estimate of drug-likeness (QED) is 0.259. The minimum Gasteiger partial charge on any atom is -0.394 e. The van der Waals surface area contributed by atoms with Crippen LogP contribution < -0.4 is 0 Å². The highest BCUT2D eigenvalue weighted by atomic mass is 16.7. The highest BCUT2D eigenvalue weighted by molar-refractivity contribution is 5.34. The van der Waals surface area contributed by atoms with Gasteiger partial charge in [0.2, 0.25) is 0 Å². The Morgan fingerprint density at radius 2 is 1.68 bits per heavy atom. The van der Waals surface area contributed by atoms with Crippen molar-refractivity contribution in [2.45, 2.75) is 148 Å². The van der Waals surface area contributed by atoms with Gasteiger partial charge in [0.05, 0.1) is 18.3 Å². The lowest BCUT2D eigenvalue weighted by Crippen LogP contribution is -2.66. The van der Waals surface area contributed by atoms with E-state index in [-0.39, 0.29) is 40.2 Å². The summed E-state index contributed by atoms with van der Waals surface area (Å²) in [4.78, 5) is 0. The van der Waals surface area contributed by atoms with E-state index in [9.17, 15) is 20.4 Å². The molecular weight excluding hydrogens is 600 g/mol. The molecule has 5 fully saturated rings. The summed E-state index contributed by atoms with van der Waals surface area (Å²) in [5.74, 6) is 1.75. The molecule has 0 aromatic rings. The Labute approximate surface area is 282 Å². The third-order valence-electron chi connectivity index (χ3n) is 15.0. The second-order valence-electron chi connectivity index (χ2n) is 17.5. The van der Waals surface area contributed by atoms with Crippen LogP contribution in [0.2, 0.25) is 0 Å². The van der Waals surface area contributed by atoms with Gasteiger partial charge in [0.15, 0.2) is 12.6 Å². The smallest absolute Gasteiger partial charge is 0.186 e. The lowest BCUT2D eigenvalue weighted by atomic mass is 9.38. The summed E-state index contributed by atoms with van der Waals surface area (Å²) in [7, 11) is 3.56. The molecule has 3 saturated carbocycles. The van der Waals surface area contributed by atoms with Gasteiger partial charge < -0.3 is 44.1 Å². The van der Waals surface area contributed by atoms with Crippen LogP contribution in [0.4, 0.5) is 0 Å². The highest BCUT2D eigenvalue weighted by Gasteiger charge is 2.78. The number of rotatable bonds is 9. The number of hydrogen-bond acceptors (Lipinski definition) is 9. The molecule has 2 saturated heterocycles. The zero-order valence-corrected chi connectivity index (χ0v) is 30.1. The van der Waals surface area contributed by atoms with Gasteiger partial charge in [-0.05, 0) is 87.4 Å². The van der Waals surface area contributed by atoms with E-state index in [0.717, 1.165) is 32.1 Å². The SMILES string of the molecule is CO[C@@H]1O[C@]23C=C[C@@H]4[C@@]1(CC[C@]1(C)[C@@H]([C@H](C)C/C=C/C(C)(C)OC)CC[C@@]41C)[C@@H]2CC[C@H](O[C@@H]1O[C@H](CO)[C@@H](O)[C@H](O)[C@H]1O)C3(C)C. The molecule has 0 unspecified atom stereocenters. The molecule has 0 aromatic carbocycles. The van der Waals surface area contributed by atoms with Crippen molar-refractivity contribution in [2.24, 2.45) is 45.3 Å². The monoisotopic (exact) mass is 662 g/mol. The van der Waals surface area contributed by atoms with Crippen LogP contribution in [0.15, 0.2) is 24.3 Å². The second-order valence-corrected chi connectivity index (χ2v) is 17.5. The number of ether oxygens (including phenoxy) is 5. The minimum absolute atomic E-state index is 0.0979. The van der Waals surface area contributed by atoms with Crippen molar-refractivity contribution in [3.8, 4) is 0 Å². The van der Waals surface area contributed by atoms with Gasteiger partial charge in [-0.2, -0.15) is 0 Å². The first kappa shape index (κ1) is 35.9. The van der Waals surface area contributed by atoms with E-state index in [1.807, 2.05) is 0 Å². The molecule has 0 radical (unpaired) electrons. The Morgan fingerprint density at radius 1 is 0.957 bits per heavy atom.